The average molecular weight is 338 g/mol. The van der Waals surface area contributed by atoms with E-state index in [9.17, 15) is 13.6 Å². The van der Waals surface area contributed by atoms with Gasteiger partial charge in [0.2, 0.25) is 5.91 Å². The summed E-state index contributed by atoms with van der Waals surface area (Å²) in [5.74, 6) is -0.221. The number of halogens is 2. The number of hydrogen-bond donors (Lipinski definition) is 0. The van der Waals surface area contributed by atoms with E-state index in [4.69, 9.17) is 4.74 Å². The number of methoxy groups -OCH3 is 1. The zero-order valence-electron chi connectivity index (χ0n) is 14.4. The Hall–Kier alpha value is -1.69. The molecule has 1 aliphatic carbocycles. The third-order valence-electron chi connectivity index (χ3n) is 5.59. The second-order valence-corrected chi connectivity index (χ2v) is 7.08. The molecule has 1 heterocycles. The Morgan fingerprint density at radius 3 is 2.71 bits per heavy atom. The van der Waals surface area contributed by atoms with Gasteiger partial charge in [-0.15, -0.1) is 0 Å². The summed E-state index contributed by atoms with van der Waals surface area (Å²) in [4.78, 5) is 15.7. The van der Waals surface area contributed by atoms with Crippen LogP contribution in [-0.4, -0.2) is 49.5 Å². The molecule has 0 bridgehead atoms. The largest absolute Gasteiger partial charge is 0.496 e. The Morgan fingerprint density at radius 2 is 2.00 bits per heavy atom. The Labute approximate surface area is 141 Å². The van der Waals surface area contributed by atoms with Crippen LogP contribution in [0, 0.1) is 23.5 Å². The monoisotopic (exact) mass is 338 g/mol. The Bertz CT molecular complexity index is 638. The summed E-state index contributed by atoms with van der Waals surface area (Å²) < 4.78 is 32.9. The number of ether oxygens (including phenoxy) is 1. The van der Waals surface area contributed by atoms with Crippen molar-refractivity contribution in [2.75, 3.05) is 27.7 Å². The molecule has 1 saturated heterocycles. The predicted octanol–water partition coefficient (Wildman–Crippen LogP) is 2.66. The van der Waals surface area contributed by atoms with Crippen molar-refractivity contribution in [3.8, 4) is 5.75 Å². The van der Waals surface area contributed by atoms with Crippen LogP contribution in [-0.2, 0) is 11.3 Å². The maximum absolute atomic E-state index is 14.2. The molecule has 132 valence electrons. The van der Waals surface area contributed by atoms with E-state index in [2.05, 4.69) is 4.90 Å². The molecule has 1 amide bonds. The Kier molecular flexibility index (Phi) is 4.76. The van der Waals surface area contributed by atoms with Crippen LogP contribution in [0.3, 0.4) is 0 Å². The highest BCUT2D eigenvalue weighted by Crippen LogP contribution is 2.40. The maximum atomic E-state index is 14.2. The molecule has 0 aromatic heterocycles. The fraction of sp³-hybridized carbons (Fsp3) is 0.611. The number of carbonyl (C=O) groups excluding carboxylic acids is 1. The van der Waals surface area contributed by atoms with Crippen LogP contribution in [0.15, 0.2) is 12.1 Å². The van der Waals surface area contributed by atoms with Crippen molar-refractivity contribution >= 4 is 5.91 Å². The number of benzene rings is 1. The van der Waals surface area contributed by atoms with Crippen molar-refractivity contribution in [3.63, 3.8) is 0 Å². The van der Waals surface area contributed by atoms with Gasteiger partial charge in [-0.25, -0.2) is 8.78 Å². The lowest BCUT2D eigenvalue weighted by Crippen LogP contribution is -2.39. The summed E-state index contributed by atoms with van der Waals surface area (Å²) in [7, 11) is 5.24. The molecule has 3 rings (SSSR count). The van der Waals surface area contributed by atoms with Gasteiger partial charge in [-0.2, -0.15) is 0 Å². The van der Waals surface area contributed by atoms with Gasteiger partial charge in [0.25, 0.3) is 0 Å². The molecular weight excluding hydrogens is 314 g/mol. The molecule has 1 aliphatic heterocycles. The molecule has 1 saturated carbocycles. The van der Waals surface area contributed by atoms with Gasteiger partial charge in [-0.05, 0) is 43.9 Å². The molecule has 2 aliphatic rings. The first-order valence-corrected chi connectivity index (χ1v) is 8.35. The number of hydrogen-bond acceptors (Lipinski definition) is 3. The molecule has 0 spiro atoms. The summed E-state index contributed by atoms with van der Waals surface area (Å²) in [6.07, 6.45) is 2.52. The highest BCUT2D eigenvalue weighted by molar-refractivity contribution is 5.77. The van der Waals surface area contributed by atoms with Crippen molar-refractivity contribution < 1.29 is 18.3 Å². The molecular formula is C18H24F2N2O2. The predicted molar refractivity (Wildman–Crippen MR) is 86.6 cm³/mol. The van der Waals surface area contributed by atoms with Crippen LogP contribution in [0.25, 0.3) is 0 Å². The minimum absolute atomic E-state index is 0.206. The van der Waals surface area contributed by atoms with Gasteiger partial charge < -0.3 is 9.64 Å². The van der Waals surface area contributed by atoms with E-state index < -0.39 is 11.6 Å². The first-order chi connectivity index (χ1) is 11.4. The highest BCUT2D eigenvalue weighted by Gasteiger charge is 2.41. The quantitative estimate of drug-likeness (QED) is 0.846. The topological polar surface area (TPSA) is 32.8 Å². The maximum Gasteiger partial charge on any atom is 0.222 e. The standard InChI is InChI=1S/C18H24F2N2O2/c1-21(10-14-16(24-3)5-4-15(19)18(14)20)13-6-11-8-17(23)22(2)9-12(11)7-13/h4-5,11-13H,6-10H2,1-3H3/t11-,12+,13-/m1/s1. The number of amides is 1. The van der Waals surface area contributed by atoms with Gasteiger partial charge in [0.05, 0.1) is 7.11 Å². The summed E-state index contributed by atoms with van der Waals surface area (Å²) in [6.45, 7) is 1.09. The molecule has 1 aromatic carbocycles. The second-order valence-electron chi connectivity index (χ2n) is 7.08. The molecule has 0 N–H and O–H groups in total. The van der Waals surface area contributed by atoms with Crippen LogP contribution in [0.4, 0.5) is 8.78 Å². The number of nitrogens with zero attached hydrogens (tertiary/aromatic N) is 2. The van der Waals surface area contributed by atoms with Crippen molar-refractivity contribution in [2.24, 2.45) is 11.8 Å². The first kappa shape index (κ1) is 17.1. The van der Waals surface area contributed by atoms with E-state index in [1.807, 2.05) is 14.1 Å². The van der Waals surface area contributed by atoms with E-state index in [1.54, 1.807) is 4.90 Å². The van der Waals surface area contributed by atoms with E-state index in [1.165, 1.54) is 13.2 Å². The van der Waals surface area contributed by atoms with E-state index >= 15 is 0 Å². The fourth-order valence-corrected chi connectivity index (χ4v) is 4.14. The number of carbonyl (C=O) groups is 1. The third-order valence-corrected chi connectivity index (χ3v) is 5.59. The molecule has 0 unspecified atom stereocenters. The molecule has 3 atom stereocenters. The number of fused-ring (bicyclic) bond motifs is 1. The van der Waals surface area contributed by atoms with Gasteiger partial charge in [-0.1, -0.05) is 0 Å². The summed E-state index contributed by atoms with van der Waals surface area (Å²) in [5, 5.41) is 0. The van der Waals surface area contributed by atoms with Gasteiger partial charge >= 0.3 is 0 Å². The zero-order chi connectivity index (χ0) is 17.4. The number of likely N-dealkylation sites (tertiary alicyclic amines) is 1. The van der Waals surface area contributed by atoms with Crippen LogP contribution in [0.1, 0.15) is 24.8 Å². The van der Waals surface area contributed by atoms with Gasteiger partial charge in [0.15, 0.2) is 11.6 Å². The third kappa shape index (κ3) is 3.11. The molecule has 24 heavy (non-hydrogen) atoms. The fourth-order valence-electron chi connectivity index (χ4n) is 4.14. The Morgan fingerprint density at radius 1 is 1.29 bits per heavy atom. The number of piperidine rings is 1. The normalized spacial score (nSPS) is 26.8. The second kappa shape index (κ2) is 6.67. The van der Waals surface area contributed by atoms with Crippen molar-refractivity contribution in [2.45, 2.75) is 31.8 Å². The molecule has 1 aromatic rings. The van der Waals surface area contributed by atoms with E-state index in [0.29, 0.717) is 30.6 Å². The van der Waals surface area contributed by atoms with Crippen LogP contribution in [0.2, 0.25) is 0 Å². The number of rotatable bonds is 4. The Balaban J connectivity index is 1.72. The van der Waals surface area contributed by atoms with Crippen LogP contribution in [0.5, 0.6) is 5.75 Å². The van der Waals surface area contributed by atoms with Crippen molar-refractivity contribution in [1.29, 1.82) is 0 Å². The van der Waals surface area contributed by atoms with E-state index in [-0.39, 0.29) is 17.5 Å². The van der Waals surface area contributed by atoms with Crippen molar-refractivity contribution in [3.05, 3.63) is 29.3 Å². The lowest BCUT2D eigenvalue weighted by Gasteiger charge is -2.31. The van der Waals surface area contributed by atoms with Gasteiger partial charge in [-0.3, -0.25) is 9.69 Å². The lowest BCUT2D eigenvalue weighted by atomic mass is 9.88. The lowest BCUT2D eigenvalue weighted by molar-refractivity contribution is -0.134. The summed E-state index contributed by atoms with van der Waals surface area (Å²) in [6, 6.07) is 2.82. The zero-order valence-corrected chi connectivity index (χ0v) is 14.4. The van der Waals surface area contributed by atoms with Crippen LogP contribution < -0.4 is 4.74 Å². The van der Waals surface area contributed by atoms with Crippen LogP contribution >= 0.6 is 0 Å². The van der Waals surface area contributed by atoms with E-state index in [0.717, 1.165) is 25.5 Å². The molecule has 6 heteroatoms. The minimum Gasteiger partial charge on any atom is -0.496 e. The minimum atomic E-state index is -0.855. The molecule has 2 fully saturated rings. The van der Waals surface area contributed by atoms with Crippen molar-refractivity contribution in [1.82, 2.24) is 9.80 Å². The van der Waals surface area contributed by atoms with Gasteiger partial charge in [0, 0.05) is 38.2 Å². The average Bonchev–Trinajstić information content (AvgIpc) is 2.95. The molecule has 0 radical (unpaired) electrons. The highest BCUT2D eigenvalue weighted by atomic mass is 19.2. The summed E-state index contributed by atoms with van der Waals surface area (Å²) >= 11 is 0. The molecule has 4 nitrogen and oxygen atoms in total. The SMILES string of the molecule is COc1ccc(F)c(F)c1CN(C)[C@@H]1C[C@@H]2CC(=O)N(C)C[C@@H]2C1. The smallest absolute Gasteiger partial charge is 0.222 e. The van der Waals surface area contributed by atoms with Gasteiger partial charge in [0.1, 0.15) is 5.75 Å². The first-order valence-electron chi connectivity index (χ1n) is 8.35. The summed E-state index contributed by atoms with van der Waals surface area (Å²) in [5.41, 5.74) is 0.253.